The van der Waals surface area contributed by atoms with Crippen LogP contribution in [0.5, 0.6) is 0 Å². The molecule has 0 spiro atoms. The third-order valence-corrected chi connectivity index (χ3v) is 6.51. The molecule has 0 aliphatic carbocycles. The van der Waals surface area contributed by atoms with Crippen molar-refractivity contribution >= 4 is 21.9 Å². The van der Waals surface area contributed by atoms with Crippen molar-refractivity contribution in [1.29, 1.82) is 0 Å². The van der Waals surface area contributed by atoms with E-state index in [9.17, 15) is 23.1 Å². The van der Waals surface area contributed by atoms with Gasteiger partial charge in [0.1, 0.15) is 6.04 Å². The molecule has 1 atom stereocenters. The van der Waals surface area contributed by atoms with Gasteiger partial charge in [0.25, 0.3) is 0 Å². The van der Waals surface area contributed by atoms with Crippen LogP contribution in [0, 0.1) is 5.92 Å². The number of aliphatic carboxylic acids is 1. The first kappa shape index (κ1) is 17.2. The van der Waals surface area contributed by atoms with E-state index in [0.29, 0.717) is 38.9 Å². The zero-order valence-corrected chi connectivity index (χ0v) is 13.7. The van der Waals surface area contributed by atoms with E-state index in [1.165, 1.54) is 9.21 Å². The molecule has 0 aromatic rings. The number of hydrogen-bond donors (Lipinski definition) is 1. The number of carboxylic acids is 1. The highest BCUT2D eigenvalue weighted by Crippen LogP contribution is 2.26. The summed E-state index contributed by atoms with van der Waals surface area (Å²) in [6.45, 7) is 2.79. The fourth-order valence-corrected chi connectivity index (χ4v) is 4.38. The molecule has 22 heavy (non-hydrogen) atoms. The number of carbonyl (C=O) groups is 2. The lowest BCUT2D eigenvalue weighted by Gasteiger charge is -2.38. The van der Waals surface area contributed by atoms with Gasteiger partial charge < -0.3 is 10.0 Å². The Hall–Kier alpha value is -1.15. The SMILES string of the molecule is CCS(=O)(=O)N1CCC(C(=O)N2CCCCC2C(=O)O)CC1. The maximum Gasteiger partial charge on any atom is 0.326 e. The Morgan fingerprint density at radius 3 is 2.27 bits per heavy atom. The van der Waals surface area contributed by atoms with Crippen molar-refractivity contribution in [2.24, 2.45) is 5.92 Å². The summed E-state index contributed by atoms with van der Waals surface area (Å²) in [4.78, 5) is 25.4. The van der Waals surface area contributed by atoms with Gasteiger partial charge in [-0.3, -0.25) is 4.79 Å². The normalized spacial score (nSPS) is 25.1. The Labute approximate surface area is 131 Å². The molecule has 2 aliphatic rings. The lowest BCUT2D eigenvalue weighted by Crippen LogP contribution is -2.52. The Balaban J connectivity index is 1.98. The molecule has 126 valence electrons. The van der Waals surface area contributed by atoms with E-state index >= 15 is 0 Å². The van der Waals surface area contributed by atoms with E-state index in [-0.39, 0.29) is 17.6 Å². The van der Waals surface area contributed by atoms with Crippen LogP contribution >= 0.6 is 0 Å². The lowest BCUT2D eigenvalue weighted by molar-refractivity contribution is -0.154. The van der Waals surface area contributed by atoms with E-state index in [1.54, 1.807) is 6.92 Å². The molecule has 1 N–H and O–H groups in total. The molecular formula is C14H24N2O5S. The summed E-state index contributed by atoms with van der Waals surface area (Å²) in [5, 5.41) is 9.26. The summed E-state index contributed by atoms with van der Waals surface area (Å²) in [7, 11) is -3.21. The number of piperidine rings is 2. The van der Waals surface area contributed by atoms with Gasteiger partial charge in [-0.25, -0.2) is 17.5 Å². The molecule has 0 bridgehead atoms. The molecule has 8 heteroatoms. The average molecular weight is 332 g/mol. The van der Waals surface area contributed by atoms with Crippen LogP contribution in [0.15, 0.2) is 0 Å². The van der Waals surface area contributed by atoms with E-state index in [0.717, 1.165) is 12.8 Å². The Morgan fingerprint density at radius 2 is 1.73 bits per heavy atom. The zero-order chi connectivity index (χ0) is 16.3. The first-order valence-electron chi connectivity index (χ1n) is 7.88. The average Bonchev–Trinajstić information content (AvgIpc) is 2.54. The second kappa shape index (κ2) is 6.95. The van der Waals surface area contributed by atoms with Crippen LogP contribution in [0.4, 0.5) is 0 Å². The lowest BCUT2D eigenvalue weighted by atomic mass is 9.93. The molecule has 2 heterocycles. The summed E-state index contributed by atoms with van der Waals surface area (Å²) in [6.07, 6.45) is 3.11. The van der Waals surface area contributed by atoms with E-state index < -0.39 is 22.0 Å². The molecule has 2 aliphatic heterocycles. The topological polar surface area (TPSA) is 95.0 Å². The molecular weight excluding hydrogens is 308 g/mol. The number of rotatable bonds is 4. The molecule has 2 fully saturated rings. The Kier molecular flexibility index (Phi) is 5.44. The van der Waals surface area contributed by atoms with Crippen molar-refractivity contribution in [3.63, 3.8) is 0 Å². The Bertz CT molecular complexity index is 525. The van der Waals surface area contributed by atoms with Gasteiger partial charge in [-0.1, -0.05) is 0 Å². The van der Waals surface area contributed by atoms with Gasteiger partial charge in [0.05, 0.1) is 5.75 Å². The molecule has 2 saturated heterocycles. The van der Waals surface area contributed by atoms with Gasteiger partial charge in [0.2, 0.25) is 15.9 Å². The van der Waals surface area contributed by atoms with Crippen LogP contribution in [-0.2, 0) is 19.6 Å². The van der Waals surface area contributed by atoms with Crippen LogP contribution in [0.1, 0.15) is 39.0 Å². The molecule has 0 saturated carbocycles. The largest absolute Gasteiger partial charge is 0.480 e. The molecule has 2 rings (SSSR count). The Morgan fingerprint density at radius 1 is 1.09 bits per heavy atom. The highest BCUT2D eigenvalue weighted by atomic mass is 32.2. The van der Waals surface area contributed by atoms with E-state index in [1.807, 2.05) is 0 Å². The smallest absolute Gasteiger partial charge is 0.326 e. The highest BCUT2D eigenvalue weighted by Gasteiger charge is 2.37. The zero-order valence-electron chi connectivity index (χ0n) is 12.9. The van der Waals surface area contributed by atoms with Crippen molar-refractivity contribution < 1.29 is 23.1 Å². The minimum Gasteiger partial charge on any atom is -0.480 e. The number of carbonyl (C=O) groups excluding carboxylic acids is 1. The predicted molar refractivity (Wildman–Crippen MR) is 80.7 cm³/mol. The van der Waals surface area contributed by atoms with Crippen molar-refractivity contribution in [2.75, 3.05) is 25.4 Å². The van der Waals surface area contributed by atoms with Gasteiger partial charge in [0, 0.05) is 25.6 Å². The number of carboxylic acid groups (broad SMARTS) is 1. The van der Waals surface area contributed by atoms with Gasteiger partial charge in [0.15, 0.2) is 0 Å². The van der Waals surface area contributed by atoms with E-state index in [2.05, 4.69) is 0 Å². The minimum absolute atomic E-state index is 0.0683. The summed E-state index contributed by atoms with van der Waals surface area (Å²) >= 11 is 0. The monoisotopic (exact) mass is 332 g/mol. The standard InChI is InChI=1S/C14H24N2O5S/c1-2-22(20,21)15-9-6-11(7-10-15)13(17)16-8-4-3-5-12(16)14(18)19/h11-12H,2-10H2,1H3,(H,18,19). The van der Waals surface area contributed by atoms with Crippen molar-refractivity contribution in [3.05, 3.63) is 0 Å². The third kappa shape index (κ3) is 3.60. The predicted octanol–water partition coefficient (Wildman–Crippen LogP) is 0.514. The minimum atomic E-state index is -3.21. The number of hydrogen-bond acceptors (Lipinski definition) is 4. The number of likely N-dealkylation sites (tertiary alicyclic amines) is 1. The molecule has 1 amide bonds. The van der Waals surface area contributed by atoms with Crippen LogP contribution in [0.3, 0.4) is 0 Å². The summed E-state index contributed by atoms with van der Waals surface area (Å²) in [5.74, 6) is -1.26. The van der Waals surface area contributed by atoms with Crippen molar-refractivity contribution in [3.8, 4) is 0 Å². The molecule has 1 unspecified atom stereocenters. The number of nitrogens with zero attached hydrogens (tertiary/aromatic N) is 2. The van der Waals surface area contributed by atoms with Crippen LogP contribution in [-0.4, -0.2) is 66.0 Å². The van der Waals surface area contributed by atoms with E-state index in [4.69, 9.17) is 0 Å². The fourth-order valence-electron chi connectivity index (χ4n) is 3.25. The van der Waals surface area contributed by atoms with Gasteiger partial charge in [-0.05, 0) is 39.0 Å². The van der Waals surface area contributed by atoms with Crippen molar-refractivity contribution in [2.45, 2.75) is 45.1 Å². The van der Waals surface area contributed by atoms with Gasteiger partial charge >= 0.3 is 5.97 Å². The maximum absolute atomic E-state index is 12.6. The summed E-state index contributed by atoms with van der Waals surface area (Å²) in [5.41, 5.74) is 0. The van der Waals surface area contributed by atoms with Crippen LogP contribution in [0.2, 0.25) is 0 Å². The number of sulfonamides is 1. The molecule has 0 aromatic heterocycles. The second-order valence-corrected chi connectivity index (χ2v) is 8.21. The first-order chi connectivity index (χ1) is 10.4. The van der Waals surface area contributed by atoms with Crippen LogP contribution < -0.4 is 0 Å². The highest BCUT2D eigenvalue weighted by molar-refractivity contribution is 7.89. The summed E-state index contributed by atoms with van der Waals surface area (Å²) in [6, 6.07) is -0.723. The third-order valence-electron chi connectivity index (χ3n) is 4.63. The number of amides is 1. The van der Waals surface area contributed by atoms with Crippen molar-refractivity contribution in [1.82, 2.24) is 9.21 Å². The first-order valence-corrected chi connectivity index (χ1v) is 9.49. The second-order valence-electron chi connectivity index (χ2n) is 5.96. The van der Waals surface area contributed by atoms with Gasteiger partial charge in [-0.2, -0.15) is 0 Å². The maximum atomic E-state index is 12.6. The van der Waals surface area contributed by atoms with Gasteiger partial charge in [-0.15, -0.1) is 0 Å². The van der Waals surface area contributed by atoms with Crippen LogP contribution in [0.25, 0.3) is 0 Å². The quantitative estimate of drug-likeness (QED) is 0.809. The molecule has 0 aromatic carbocycles. The molecule has 7 nitrogen and oxygen atoms in total. The fraction of sp³-hybridized carbons (Fsp3) is 0.857. The summed E-state index contributed by atoms with van der Waals surface area (Å²) < 4.78 is 25.1. The molecule has 0 radical (unpaired) electrons.